The monoisotopic (exact) mass is 453 g/mol. The number of aromatic nitrogens is 5. The van der Waals surface area contributed by atoms with Crippen LogP contribution in [0.3, 0.4) is 0 Å². The molecule has 0 saturated carbocycles. The number of para-hydroxylation sites is 1. The van der Waals surface area contributed by atoms with E-state index in [2.05, 4.69) is 20.9 Å². The van der Waals surface area contributed by atoms with Crippen LogP contribution in [0.2, 0.25) is 0 Å². The summed E-state index contributed by atoms with van der Waals surface area (Å²) in [7, 11) is 3.25. The Labute approximate surface area is 186 Å². The molecule has 166 valence electrons. The molecule has 1 aliphatic rings. The maximum absolute atomic E-state index is 12.9. The van der Waals surface area contributed by atoms with Crippen LogP contribution in [0.1, 0.15) is 5.01 Å². The number of nitrogens with zero attached hydrogens (tertiary/aromatic N) is 7. The van der Waals surface area contributed by atoms with Crippen LogP contribution >= 0.6 is 11.3 Å². The highest BCUT2D eigenvalue weighted by Gasteiger charge is 2.24. The van der Waals surface area contributed by atoms with Gasteiger partial charge in [-0.3, -0.25) is 19.1 Å². The number of hydrogen-bond acceptors (Lipinski definition) is 7. The summed E-state index contributed by atoms with van der Waals surface area (Å²) in [5.41, 5.74) is 0.601. The van der Waals surface area contributed by atoms with Gasteiger partial charge in [0, 0.05) is 40.3 Å². The lowest BCUT2D eigenvalue weighted by molar-refractivity contribution is -0.133. The van der Waals surface area contributed by atoms with E-state index in [0.29, 0.717) is 24.3 Å². The maximum atomic E-state index is 12.9. The van der Waals surface area contributed by atoms with E-state index in [0.717, 1.165) is 34.7 Å². The van der Waals surface area contributed by atoms with Crippen molar-refractivity contribution in [2.75, 3.05) is 26.2 Å². The summed E-state index contributed by atoms with van der Waals surface area (Å²) < 4.78 is 5.05. The second-order valence-corrected chi connectivity index (χ2v) is 9.11. The first kappa shape index (κ1) is 20.6. The van der Waals surface area contributed by atoms with Gasteiger partial charge >= 0.3 is 5.69 Å². The van der Waals surface area contributed by atoms with E-state index in [1.165, 1.54) is 15.6 Å². The maximum Gasteiger partial charge on any atom is 0.332 e. The third kappa shape index (κ3) is 3.53. The van der Waals surface area contributed by atoms with E-state index in [1.54, 1.807) is 34.9 Å². The van der Waals surface area contributed by atoms with Crippen molar-refractivity contribution < 1.29 is 4.79 Å². The number of rotatable bonds is 4. The Hall–Kier alpha value is -3.31. The first-order valence-electron chi connectivity index (χ1n) is 10.4. The number of carbonyl (C=O) groups is 1. The van der Waals surface area contributed by atoms with E-state index in [4.69, 9.17) is 0 Å². The highest BCUT2D eigenvalue weighted by molar-refractivity contribution is 7.18. The number of carbonyl (C=O) groups excluding carboxylic acids is 1. The van der Waals surface area contributed by atoms with Gasteiger partial charge in [-0.15, -0.1) is 11.3 Å². The molecule has 0 N–H and O–H groups in total. The van der Waals surface area contributed by atoms with Crippen molar-refractivity contribution >= 4 is 38.6 Å². The van der Waals surface area contributed by atoms with Gasteiger partial charge in [-0.2, -0.15) is 0 Å². The van der Waals surface area contributed by atoms with Gasteiger partial charge in [0.05, 0.1) is 23.1 Å². The fraction of sp³-hybridized carbons (Fsp3) is 0.381. The van der Waals surface area contributed by atoms with Gasteiger partial charge in [0.15, 0.2) is 11.2 Å². The normalized spacial score (nSPS) is 15.1. The molecule has 5 rings (SSSR count). The molecule has 1 amide bonds. The minimum atomic E-state index is -0.538. The molecule has 1 aromatic carbocycles. The molecule has 0 aliphatic carbocycles. The predicted octanol–water partition coefficient (Wildman–Crippen LogP) is 0.388. The summed E-state index contributed by atoms with van der Waals surface area (Å²) in [5, 5.41) is 1.06. The highest BCUT2D eigenvalue weighted by Crippen LogP contribution is 2.23. The van der Waals surface area contributed by atoms with Crippen LogP contribution in [0.15, 0.2) is 40.2 Å². The molecule has 0 bridgehead atoms. The minimum Gasteiger partial charge on any atom is -0.339 e. The van der Waals surface area contributed by atoms with Crippen molar-refractivity contribution in [2.45, 2.75) is 13.1 Å². The molecule has 11 heteroatoms. The average molecular weight is 454 g/mol. The molecule has 32 heavy (non-hydrogen) atoms. The predicted molar refractivity (Wildman–Crippen MR) is 122 cm³/mol. The van der Waals surface area contributed by atoms with Gasteiger partial charge in [-0.1, -0.05) is 12.1 Å². The first-order chi connectivity index (χ1) is 15.4. The highest BCUT2D eigenvalue weighted by atomic mass is 32.1. The van der Waals surface area contributed by atoms with Crippen LogP contribution < -0.4 is 11.2 Å². The molecule has 4 aromatic rings. The third-order valence-corrected chi connectivity index (χ3v) is 6.94. The minimum absolute atomic E-state index is 0.231. The average Bonchev–Trinajstić information content (AvgIpc) is 3.38. The number of thiazole rings is 1. The lowest BCUT2D eigenvalue weighted by atomic mass is 10.3. The number of amides is 1. The van der Waals surface area contributed by atoms with Gasteiger partial charge in [0.2, 0.25) is 5.91 Å². The summed E-state index contributed by atoms with van der Waals surface area (Å²) in [6.45, 7) is 3.01. The van der Waals surface area contributed by atoms with Crippen LogP contribution in [0.25, 0.3) is 21.4 Å². The number of aryl methyl sites for hydroxylation is 2. The van der Waals surface area contributed by atoms with E-state index in [9.17, 15) is 14.4 Å². The Morgan fingerprint density at radius 2 is 1.84 bits per heavy atom. The van der Waals surface area contributed by atoms with E-state index >= 15 is 0 Å². The zero-order chi connectivity index (χ0) is 22.4. The first-order valence-corrected chi connectivity index (χ1v) is 11.2. The molecular weight excluding hydrogens is 430 g/mol. The van der Waals surface area contributed by atoms with Crippen molar-refractivity contribution in [1.29, 1.82) is 0 Å². The van der Waals surface area contributed by atoms with Crippen LogP contribution in [0, 0.1) is 0 Å². The number of piperazine rings is 1. The quantitative estimate of drug-likeness (QED) is 0.443. The summed E-state index contributed by atoms with van der Waals surface area (Å²) in [5.74, 6) is -0.231. The fourth-order valence-corrected chi connectivity index (χ4v) is 5.11. The van der Waals surface area contributed by atoms with Gasteiger partial charge in [0.1, 0.15) is 11.6 Å². The summed E-state index contributed by atoms with van der Waals surface area (Å²) in [4.78, 5) is 51.2. The molecule has 0 spiro atoms. The van der Waals surface area contributed by atoms with Gasteiger partial charge < -0.3 is 9.47 Å². The van der Waals surface area contributed by atoms with E-state index in [-0.39, 0.29) is 12.5 Å². The van der Waals surface area contributed by atoms with Crippen molar-refractivity contribution in [3.63, 3.8) is 0 Å². The Morgan fingerprint density at radius 3 is 2.59 bits per heavy atom. The Bertz CT molecular complexity index is 1410. The lowest BCUT2D eigenvalue weighted by Crippen LogP contribution is -2.51. The zero-order valence-electron chi connectivity index (χ0n) is 17.9. The summed E-state index contributed by atoms with van der Waals surface area (Å²) in [6, 6.07) is 8.09. The standard InChI is InChI=1S/C21H23N7O3S/c1-24-13-22-19-18(24)20(30)28(21(31)25(19)2)12-17(29)27-9-7-26(8-10-27)11-16-23-14-5-3-4-6-15(14)32-16/h3-6,13H,7-12H2,1-2H3. The molecule has 1 saturated heterocycles. The van der Waals surface area contributed by atoms with Gasteiger partial charge in [0.25, 0.3) is 5.56 Å². The zero-order valence-corrected chi connectivity index (χ0v) is 18.7. The van der Waals surface area contributed by atoms with Gasteiger partial charge in [-0.05, 0) is 12.1 Å². The summed E-state index contributed by atoms with van der Waals surface area (Å²) >= 11 is 1.69. The SMILES string of the molecule is Cn1cnc2c1c(=O)n(CC(=O)N1CCN(Cc3nc4ccccc4s3)CC1)c(=O)n2C. The number of imidazole rings is 1. The fourth-order valence-electron chi connectivity index (χ4n) is 4.11. The number of benzene rings is 1. The second-order valence-electron chi connectivity index (χ2n) is 7.99. The molecule has 1 fully saturated rings. The number of fused-ring (bicyclic) bond motifs is 2. The van der Waals surface area contributed by atoms with Crippen molar-refractivity contribution in [2.24, 2.45) is 14.1 Å². The molecule has 3 aromatic heterocycles. The van der Waals surface area contributed by atoms with Crippen molar-refractivity contribution in [3.05, 3.63) is 56.4 Å². The van der Waals surface area contributed by atoms with Gasteiger partial charge in [-0.25, -0.2) is 19.3 Å². The Kier molecular flexibility index (Phi) is 5.14. The smallest absolute Gasteiger partial charge is 0.332 e. The molecule has 4 heterocycles. The molecule has 0 atom stereocenters. The molecule has 0 unspecified atom stereocenters. The molecule has 10 nitrogen and oxygen atoms in total. The van der Waals surface area contributed by atoms with E-state index in [1.807, 2.05) is 18.2 Å². The van der Waals surface area contributed by atoms with Crippen LogP contribution in [-0.4, -0.2) is 65.6 Å². The van der Waals surface area contributed by atoms with Crippen LogP contribution in [-0.2, 0) is 32.0 Å². The Balaban J connectivity index is 1.26. The molecule has 1 aliphatic heterocycles. The largest absolute Gasteiger partial charge is 0.339 e. The van der Waals surface area contributed by atoms with Crippen molar-refractivity contribution in [1.82, 2.24) is 33.5 Å². The third-order valence-electron chi connectivity index (χ3n) is 5.92. The topological polar surface area (TPSA) is 98.3 Å². The summed E-state index contributed by atoms with van der Waals surface area (Å²) in [6.07, 6.45) is 1.49. The van der Waals surface area contributed by atoms with E-state index < -0.39 is 11.2 Å². The Morgan fingerprint density at radius 1 is 1.09 bits per heavy atom. The van der Waals surface area contributed by atoms with Crippen molar-refractivity contribution in [3.8, 4) is 0 Å². The van der Waals surface area contributed by atoms with Crippen LogP contribution in [0.4, 0.5) is 0 Å². The lowest BCUT2D eigenvalue weighted by Gasteiger charge is -2.34. The second kappa shape index (κ2) is 7.99. The van der Waals surface area contributed by atoms with Crippen LogP contribution in [0.5, 0.6) is 0 Å². The molecular formula is C21H23N7O3S. The molecule has 0 radical (unpaired) electrons. The number of hydrogen-bond donors (Lipinski definition) is 0.